The number of para-hydroxylation sites is 1. The highest BCUT2D eigenvalue weighted by atomic mass is 16.4. The molecule has 2 aromatic rings. The zero-order valence-corrected chi connectivity index (χ0v) is 28.0. The highest BCUT2D eigenvalue weighted by Gasteiger charge is 2.32. The second-order valence-corrected chi connectivity index (χ2v) is 11.9. The van der Waals surface area contributed by atoms with E-state index in [4.69, 9.17) is 17.2 Å². The van der Waals surface area contributed by atoms with E-state index >= 15 is 0 Å². The van der Waals surface area contributed by atoms with Crippen LogP contribution in [0, 0.1) is 0 Å². The van der Waals surface area contributed by atoms with E-state index in [1.54, 1.807) is 12.3 Å². The molecular formula is C32H51N9O8. The molecule has 17 heteroatoms. The Kier molecular flexibility index (Phi) is 17.2. The molecule has 0 fully saturated rings. The molecule has 14 N–H and O–H groups in total. The minimum atomic E-state index is -1.55. The number of carboxylic acids is 1. The van der Waals surface area contributed by atoms with E-state index in [-0.39, 0.29) is 19.3 Å². The lowest BCUT2D eigenvalue weighted by Gasteiger charge is -2.26. The van der Waals surface area contributed by atoms with Crippen molar-refractivity contribution in [3.8, 4) is 0 Å². The first-order chi connectivity index (χ1) is 23.3. The van der Waals surface area contributed by atoms with Crippen LogP contribution in [0.2, 0.25) is 0 Å². The third kappa shape index (κ3) is 13.5. The van der Waals surface area contributed by atoms with Crippen LogP contribution >= 0.6 is 0 Å². The molecule has 5 amide bonds. The molecule has 0 spiro atoms. The zero-order valence-electron chi connectivity index (χ0n) is 28.0. The van der Waals surface area contributed by atoms with E-state index in [0.29, 0.717) is 44.3 Å². The standard InChI is InChI=1S/C32H51N9O8/c1-18(35)28(44)38-23(11-5-7-13-33)29(45)37-17-26(43)41-27(19(2)42)31(47)40-25(15-20-16-36-22-10-4-3-9-21(20)22)30(46)39-24(32(48)49)12-6-8-14-34/h3-4,9-10,16,18-19,23-25,27,36,42H,5-8,11-15,17,33-35H2,1-2H3,(H,37,45)(H,38,44)(H,39,46)(H,40,47)(H,41,43)(H,48,49)/t18-,19+,23-,24-,25-,27-/m0/s1. The molecule has 6 atom stereocenters. The van der Waals surface area contributed by atoms with Gasteiger partial charge in [-0.1, -0.05) is 18.2 Å². The summed E-state index contributed by atoms with van der Waals surface area (Å²) in [4.78, 5) is 79.8. The lowest BCUT2D eigenvalue weighted by Crippen LogP contribution is -2.59. The number of aliphatic carboxylic acids is 1. The van der Waals surface area contributed by atoms with Crippen molar-refractivity contribution < 1.29 is 39.0 Å². The molecule has 0 saturated carbocycles. The summed E-state index contributed by atoms with van der Waals surface area (Å²) in [6.45, 7) is 2.86. The van der Waals surface area contributed by atoms with Crippen molar-refractivity contribution in [1.29, 1.82) is 0 Å². The van der Waals surface area contributed by atoms with Gasteiger partial charge >= 0.3 is 5.97 Å². The number of carboxylic acid groups (broad SMARTS) is 1. The van der Waals surface area contributed by atoms with Crippen molar-refractivity contribution in [2.75, 3.05) is 19.6 Å². The Balaban J connectivity index is 2.19. The number of fused-ring (bicyclic) bond motifs is 1. The van der Waals surface area contributed by atoms with Crippen molar-refractivity contribution >= 4 is 46.4 Å². The van der Waals surface area contributed by atoms with Gasteiger partial charge in [0.15, 0.2) is 0 Å². The molecule has 0 aliphatic heterocycles. The first kappa shape index (κ1) is 40.6. The van der Waals surface area contributed by atoms with Gasteiger partial charge < -0.3 is 59.0 Å². The third-order valence-electron chi connectivity index (χ3n) is 7.79. The van der Waals surface area contributed by atoms with Gasteiger partial charge in [0, 0.05) is 23.5 Å². The first-order valence-electron chi connectivity index (χ1n) is 16.4. The number of benzene rings is 1. The van der Waals surface area contributed by atoms with Crippen LogP contribution in [-0.4, -0.2) is 107 Å². The molecule has 272 valence electrons. The predicted octanol–water partition coefficient (Wildman–Crippen LogP) is -2.16. The Morgan fingerprint density at radius 3 is 1.96 bits per heavy atom. The van der Waals surface area contributed by atoms with Gasteiger partial charge in [0.25, 0.3) is 0 Å². The Labute approximate surface area is 284 Å². The second-order valence-electron chi connectivity index (χ2n) is 11.9. The van der Waals surface area contributed by atoms with E-state index in [1.165, 1.54) is 13.8 Å². The van der Waals surface area contributed by atoms with E-state index in [1.807, 2.05) is 18.2 Å². The molecule has 0 saturated heterocycles. The minimum absolute atomic E-state index is 0.0497. The highest BCUT2D eigenvalue weighted by Crippen LogP contribution is 2.19. The Hall–Kier alpha value is -4.58. The van der Waals surface area contributed by atoms with Gasteiger partial charge in [-0.25, -0.2) is 4.79 Å². The van der Waals surface area contributed by atoms with E-state index in [0.717, 1.165) is 10.9 Å². The zero-order chi connectivity index (χ0) is 36.5. The molecule has 1 aromatic heterocycles. The number of aromatic amines is 1. The summed E-state index contributed by atoms with van der Waals surface area (Å²) < 4.78 is 0. The van der Waals surface area contributed by atoms with Crippen LogP contribution < -0.4 is 43.8 Å². The fraction of sp³-hybridized carbons (Fsp3) is 0.562. The smallest absolute Gasteiger partial charge is 0.326 e. The number of hydrogen-bond donors (Lipinski definition) is 11. The monoisotopic (exact) mass is 689 g/mol. The number of carbonyl (C=O) groups excluding carboxylic acids is 5. The van der Waals surface area contributed by atoms with E-state index < -0.39 is 78.4 Å². The van der Waals surface area contributed by atoms with Crippen molar-refractivity contribution in [1.82, 2.24) is 31.6 Å². The molecule has 0 radical (unpaired) electrons. The van der Waals surface area contributed by atoms with Crippen LogP contribution in [-0.2, 0) is 35.2 Å². The van der Waals surface area contributed by atoms with E-state index in [9.17, 15) is 39.0 Å². The first-order valence-corrected chi connectivity index (χ1v) is 16.4. The number of rotatable bonds is 22. The molecular weight excluding hydrogens is 638 g/mol. The maximum absolute atomic E-state index is 13.5. The van der Waals surface area contributed by atoms with Crippen molar-refractivity contribution in [3.63, 3.8) is 0 Å². The topological polar surface area (TPSA) is 297 Å². The van der Waals surface area contributed by atoms with Crippen molar-refractivity contribution in [2.24, 2.45) is 17.2 Å². The van der Waals surface area contributed by atoms with Crippen LogP contribution in [0.15, 0.2) is 30.5 Å². The van der Waals surface area contributed by atoms with Crippen molar-refractivity contribution in [3.05, 3.63) is 36.0 Å². The number of carbonyl (C=O) groups is 6. The van der Waals surface area contributed by atoms with Crippen molar-refractivity contribution in [2.45, 2.75) is 95.1 Å². The second kappa shape index (κ2) is 20.7. The summed E-state index contributed by atoms with van der Waals surface area (Å²) in [5.74, 6) is -5.01. The number of H-pyrrole nitrogens is 1. The average molecular weight is 690 g/mol. The number of aliphatic hydroxyl groups excluding tert-OH is 1. The predicted molar refractivity (Wildman–Crippen MR) is 182 cm³/mol. The van der Waals surface area contributed by atoms with Gasteiger partial charge in [-0.15, -0.1) is 0 Å². The van der Waals surface area contributed by atoms with E-state index in [2.05, 4.69) is 31.6 Å². The number of unbranched alkanes of at least 4 members (excludes halogenated alkanes) is 2. The van der Waals surface area contributed by atoms with Crippen LogP contribution in [0.5, 0.6) is 0 Å². The highest BCUT2D eigenvalue weighted by molar-refractivity contribution is 5.96. The lowest BCUT2D eigenvalue weighted by atomic mass is 10.0. The summed E-state index contributed by atoms with van der Waals surface area (Å²) in [6, 6.07) is 1.33. The van der Waals surface area contributed by atoms with Crippen LogP contribution in [0.25, 0.3) is 10.9 Å². The molecule has 49 heavy (non-hydrogen) atoms. The summed E-state index contributed by atoms with van der Waals surface area (Å²) in [6.07, 6.45) is 2.69. The molecule has 17 nitrogen and oxygen atoms in total. The quantitative estimate of drug-likeness (QED) is 0.0592. The molecule has 0 aliphatic rings. The van der Waals surface area contributed by atoms with Gasteiger partial charge in [-0.05, 0) is 77.1 Å². The number of aliphatic hydroxyl groups is 1. The molecule has 0 aliphatic carbocycles. The number of nitrogens with two attached hydrogens (primary N) is 3. The summed E-state index contributed by atoms with van der Waals surface area (Å²) >= 11 is 0. The maximum atomic E-state index is 13.5. The van der Waals surface area contributed by atoms with Crippen LogP contribution in [0.3, 0.4) is 0 Å². The van der Waals surface area contributed by atoms with Gasteiger partial charge in [0.05, 0.1) is 18.7 Å². The summed E-state index contributed by atoms with van der Waals surface area (Å²) in [5, 5.41) is 33.3. The van der Waals surface area contributed by atoms with Gasteiger partial charge in [-0.3, -0.25) is 24.0 Å². The Morgan fingerprint density at radius 1 is 0.776 bits per heavy atom. The number of aromatic nitrogens is 1. The fourth-order valence-electron chi connectivity index (χ4n) is 5.00. The minimum Gasteiger partial charge on any atom is -0.480 e. The lowest BCUT2D eigenvalue weighted by molar-refractivity contribution is -0.142. The number of amides is 5. The SMILES string of the molecule is C[C@H](N)C(=O)N[C@@H](CCCCN)C(=O)NCC(=O)N[C@H](C(=O)N[C@@H](Cc1c[nH]c2ccccc12)C(=O)N[C@@H](CCCCN)C(=O)O)[C@@H](C)O. The van der Waals surface area contributed by atoms with Gasteiger partial charge in [-0.2, -0.15) is 0 Å². The molecule has 0 unspecified atom stereocenters. The number of nitrogens with one attached hydrogen (secondary N) is 6. The Morgan fingerprint density at radius 2 is 1.37 bits per heavy atom. The normalized spacial score (nSPS) is 14.8. The molecule has 0 bridgehead atoms. The molecule has 2 rings (SSSR count). The van der Waals surface area contributed by atoms with Gasteiger partial charge in [0.1, 0.15) is 24.2 Å². The fourth-order valence-corrected chi connectivity index (χ4v) is 5.00. The number of hydrogen-bond acceptors (Lipinski definition) is 10. The van der Waals surface area contributed by atoms with Crippen LogP contribution in [0.1, 0.15) is 57.9 Å². The largest absolute Gasteiger partial charge is 0.480 e. The molecule has 1 aromatic carbocycles. The average Bonchev–Trinajstić information content (AvgIpc) is 3.47. The van der Waals surface area contributed by atoms with Crippen LogP contribution in [0.4, 0.5) is 0 Å². The Bertz CT molecular complexity index is 1410. The molecule has 1 heterocycles. The third-order valence-corrected chi connectivity index (χ3v) is 7.79. The summed E-state index contributed by atoms with van der Waals surface area (Å²) in [7, 11) is 0. The van der Waals surface area contributed by atoms with Gasteiger partial charge in [0.2, 0.25) is 29.5 Å². The summed E-state index contributed by atoms with van der Waals surface area (Å²) in [5.41, 5.74) is 18.1. The maximum Gasteiger partial charge on any atom is 0.326 e.